The molecule has 1 saturated heterocycles. The number of benzene rings is 3. The molecule has 1 fully saturated rings. The molecule has 1 heterocycles. The molecular weight excluding hydrogens is 538 g/mol. The van der Waals surface area contributed by atoms with Gasteiger partial charge in [-0.05, 0) is 79.7 Å². The van der Waals surface area contributed by atoms with Gasteiger partial charge in [0.15, 0.2) is 16.7 Å². The summed E-state index contributed by atoms with van der Waals surface area (Å²) in [5.41, 5.74) is 2.58. The van der Waals surface area contributed by atoms with Gasteiger partial charge in [-0.1, -0.05) is 29.8 Å². The Labute approximate surface area is 235 Å². The second-order valence-electron chi connectivity index (χ2n) is 8.23. The normalized spacial score (nSPS) is 15.0. The Hall–Kier alpha value is -4.26. The van der Waals surface area contributed by atoms with Crippen molar-refractivity contribution in [3.63, 3.8) is 0 Å². The largest absolute Gasteiger partial charge is 0.490 e. The van der Waals surface area contributed by atoms with E-state index in [1.807, 2.05) is 26.0 Å². The molecule has 1 N–H and O–H groups in total. The van der Waals surface area contributed by atoms with E-state index in [1.165, 1.54) is 23.9 Å². The van der Waals surface area contributed by atoms with Crippen LogP contribution in [0.1, 0.15) is 40.9 Å². The van der Waals surface area contributed by atoms with Crippen molar-refractivity contribution in [1.29, 1.82) is 5.26 Å². The van der Waals surface area contributed by atoms with Crippen LogP contribution in [0.2, 0.25) is 5.02 Å². The number of likely N-dealkylation sites (N-methyl/N-ethyl adjacent to an activating group) is 1. The second-order valence-corrected chi connectivity index (χ2v) is 9.64. The van der Waals surface area contributed by atoms with Crippen molar-refractivity contribution < 1.29 is 24.2 Å². The number of hydrogen-bond acceptors (Lipinski definition) is 7. The molecule has 0 atom stereocenters. The molecule has 0 bridgehead atoms. The number of ether oxygens (including phenoxy) is 2. The number of carbonyl (C=O) groups is 2. The van der Waals surface area contributed by atoms with Crippen LogP contribution >= 0.6 is 23.4 Å². The van der Waals surface area contributed by atoms with E-state index < -0.39 is 5.97 Å². The molecule has 0 unspecified atom stereocenters. The van der Waals surface area contributed by atoms with E-state index in [0.717, 1.165) is 5.56 Å². The first-order chi connectivity index (χ1) is 18.8. The van der Waals surface area contributed by atoms with Gasteiger partial charge in [0.25, 0.3) is 5.91 Å². The smallest absolute Gasteiger partial charge is 0.335 e. The van der Waals surface area contributed by atoms with Crippen LogP contribution in [0.3, 0.4) is 0 Å². The molecule has 3 aromatic carbocycles. The van der Waals surface area contributed by atoms with Crippen molar-refractivity contribution in [1.82, 2.24) is 4.90 Å². The Morgan fingerprint density at radius 2 is 1.90 bits per heavy atom. The zero-order valence-electron chi connectivity index (χ0n) is 21.2. The van der Waals surface area contributed by atoms with Gasteiger partial charge in [-0.3, -0.25) is 9.69 Å². The van der Waals surface area contributed by atoms with Crippen molar-refractivity contribution in [3.8, 4) is 17.6 Å². The lowest BCUT2D eigenvalue weighted by Gasteiger charge is -2.15. The summed E-state index contributed by atoms with van der Waals surface area (Å²) in [6.45, 7) is 4.62. The van der Waals surface area contributed by atoms with Gasteiger partial charge in [-0.2, -0.15) is 5.26 Å². The van der Waals surface area contributed by atoms with Crippen LogP contribution in [-0.4, -0.2) is 40.2 Å². The van der Waals surface area contributed by atoms with Crippen molar-refractivity contribution in [2.45, 2.75) is 20.5 Å². The van der Waals surface area contributed by atoms with Crippen LogP contribution in [0.25, 0.3) is 6.08 Å². The van der Waals surface area contributed by atoms with Gasteiger partial charge >= 0.3 is 5.97 Å². The Bertz CT molecular complexity index is 1510. The topological polar surface area (TPSA) is 112 Å². The van der Waals surface area contributed by atoms with E-state index in [4.69, 9.17) is 26.2 Å². The monoisotopic (exact) mass is 561 g/mol. The second kappa shape index (κ2) is 12.5. The molecule has 4 rings (SSSR count). The number of hydrogen-bond donors (Lipinski definition) is 1. The van der Waals surface area contributed by atoms with Crippen LogP contribution in [0.5, 0.6) is 11.5 Å². The number of halogens is 1. The number of thioether (sulfide) groups is 1. The van der Waals surface area contributed by atoms with E-state index in [9.17, 15) is 14.9 Å². The third kappa shape index (κ3) is 6.42. The molecule has 198 valence electrons. The quantitative estimate of drug-likeness (QED) is 0.296. The number of nitrogens with zero attached hydrogens (tertiary/aromatic N) is 3. The highest BCUT2D eigenvalue weighted by molar-refractivity contribution is 8.18. The molecule has 0 radical (unpaired) electrons. The lowest BCUT2D eigenvalue weighted by Crippen LogP contribution is -2.28. The van der Waals surface area contributed by atoms with Gasteiger partial charge < -0.3 is 14.6 Å². The minimum atomic E-state index is -1.02. The number of carbonyl (C=O) groups excluding carboxylic acids is 1. The number of aromatic carboxylic acids is 1. The lowest BCUT2D eigenvalue weighted by molar-refractivity contribution is -0.122. The minimum Gasteiger partial charge on any atom is -0.490 e. The number of amidine groups is 1. The van der Waals surface area contributed by atoms with Crippen molar-refractivity contribution >= 4 is 52.2 Å². The standard InChI is InChI=1S/C29H24ClN3O5S/c1-3-33-27(34)25(39-29(33)32-22-11-9-19(10-12-22)28(35)36)15-18-13-23(30)26(24(14-18)37-4-2)38-17-21-8-6-5-7-20(21)16-31/h5-15H,3-4,17H2,1-2H3,(H,35,36). The number of amides is 1. The maximum absolute atomic E-state index is 13.1. The molecule has 1 aliphatic rings. The Kier molecular flexibility index (Phi) is 8.92. The number of rotatable bonds is 9. The van der Waals surface area contributed by atoms with Gasteiger partial charge in [0.2, 0.25) is 0 Å². The van der Waals surface area contributed by atoms with Crippen molar-refractivity contribution in [2.75, 3.05) is 13.2 Å². The van der Waals surface area contributed by atoms with E-state index in [2.05, 4.69) is 11.1 Å². The summed E-state index contributed by atoms with van der Waals surface area (Å²) in [6, 6.07) is 18.9. The first kappa shape index (κ1) is 27.8. The highest BCUT2D eigenvalue weighted by atomic mass is 35.5. The molecule has 0 aromatic heterocycles. The summed E-state index contributed by atoms with van der Waals surface area (Å²) in [7, 11) is 0. The van der Waals surface area contributed by atoms with Crippen LogP contribution < -0.4 is 9.47 Å². The maximum atomic E-state index is 13.1. The van der Waals surface area contributed by atoms with Crippen molar-refractivity contribution in [2.24, 2.45) is 4.99 Å². The SMILES string of the molecule is CCOc1cc(C=C2SC(=Nc3ccc(C(=O)O)cc3)N(CC)C2=O)cc(Cl)c1OCc1ccccc1C#N. The molecule has 3 aromatic rings. The average Bonchev–Trinajstić information content (AvgIpc) is 3.21. The first-order valence-electron chi connectivity index (χ1n) is 12.0. The highest BCUT2D eigenvalue weighted by Gasteiger charge is 2.32. The number of carboxylic acids is 1. The summed E-state index contributed by atoms with van der Waals surface area (Å²) in [5, 5.41) is 19.2. The molecule has 39 heavy (non-hydrogen) atoms. The Balaban J connectivity index is 1.61. The zero-order chi connectivity index (χ0) is 27.9. The molecule has 0 aliphatic carbocycles. The average molecular weight is 562 g/mol. The zero-order valence-corrected chi connectivity index (χ0v) is 22.8. The van der Waals surface area contributed by atoms with Crippen molar-refractivity contribution in [3.05, 3.63) is 92.8 Å². The third-order valence-corrected chi connectivity index (χ3v) is 6.97. The molecule has 10 heteroatoms. The Morgan fingerprint density at radius 3 is 2.56 bits per heavy atom. The predicted molar refractivity (Wildman–Crippen MR) is 152 cm³/mol. The fourth-order valence-corrected chi connectivity index (χ4v) is 5.13. The van der Waals surface area contributed by atoms with E-state index in [0.29, 0.717) is 56.6 Å². The van der Waals surface area contributed by atoms with Crippen LogP contribution in [0.15, 0.2) is 70.6 Å². The summed E-state index contributed by atoms with van der Waals surface area (Å²) in [5.74, 6) is -0.456. The molecule has 1 aliphatic heterocycles. The fraction of sp³-hybridized carbons (Fsp3) is 0.172. The first-order valence-corrected chi connectivity index (χ1v) is 13.2. The lowest BCUT2D eigenvalue weighted by atomic mass is 10.1. The van der Waals surface area contributed by atoms with Gasteiger partial charge in [-0.15, -0.1) is 0 Å². The fourth-order valence-electron chi connectivity index (χ4n) is 3.79. The van der Waals surface area contributed by atoms with Gasteiger partial charge in [0, 0.05) is 12.1 Å². The maximum Gasteiger partial charge on any atom is 0.335 e. The summed E-state index contributed by atoms with van der Waals surface area (Å²) in [6.07, 6.45) is 1.72. The predicted octanol–water partition coefficient (Wildman–Crippen LogP) is 6.51. The minimum absolute atomic E-state index is 0.136. The summed E-state index contributed by atoms with van der Waals surface area (Å²) >= 11 is 7.81. The van der Waals surface area contributed by atoms with E-state index in [-0.39, 0.29) is 18.1 Å². The summed E-state index contributed by atoms with van der Waals surface area (Å²) < 4.78 is 11.8. The van der Waals surface area contributed by atoms with Crippen LogP contribution in [0.4, 0.5) is 5.69 Å². The Morgan fingerprint density at radius 1 is 1.15 bits per heavy atom. The van der Waals surface area contributed by atoms with Gasteiger partial charge in [0.1, 0.15) is 6.61 Å². The van der Waals surface area contributed by atoms with Gasteiger partial charge in [0.05, 0.1) is 39.4 Å². The molecule has 8 nitrogen and oxygen atoms in total. The molecular formula is C29H24ClN3O5S. The molecule has 1 amide bonds. The third-order valence-electron chi connectivity index (χ3n) is 5.68. The summed E-state index contributed by atoms with van der Waals surface area (Å²) in [4.78, 5) is 30.8. The number of carboxylic acid groups (broad SMARTS) is 1. The van der Waals surface area contributed by atoms with E-state index in [1.54, 1.807) is 47.4 Å². The van der Waals surface area contributed by atoms with Crippen LogP contribution in [-0.2, 0) is 11.4 Å². The van der Waals surface area contributed by atoms with E-state index >= 15 is 0 Å². The number of aliphatic imine (C=N–C) groups is 1. The molecule has 0 saturated carbocycles. The number of nitriles is 1. The van der Waals surface area contributed by atoms with Gasteiger partial charge in [-0.25, -0.2) is 9.79 Å². The molecule has 0 spiro atoms. The highest BCUT2D eigenvalue weighted by Crippen LogP contribution is 2.40. The van der Waals surface area contributed by atoms with Crippen LogP contribution in [0, 0.1) is 11.3 Å².